The van der Waals surface area contributed by atoms with Crippen LogP contribution in [0.25, 0.3) is 0 Å². The molecule has 1 aromatic heterocycles. The Hall–Kier alpha value is -1.69. The van der Waals surface area contributed by atoms with E-state index in [1.807, 2.05) is 25.1 Å². The summed E-state index contributed by atoms with van der Waals surface area (Å²) in [7, 11) is 0. The number of anilines is 1. The molecule has 1 N–H and O–H groups in total. The van der Waals surface area contributed by atoms with Gasteiger partial charge in [0, 0.05) is 16.1 Å². The number of thiophene rings is 1. The van der Waals surface area contributed by atoms with Crippen molar-refractivity contribution in [1.29, 1.82) is 0 Å². The second kappa shape index (κ2) is 7.53. The van der Waals surface area contributed by atoms with E-state index in [-0.39, 0.29) is 5.91 Å². The number of rotatable bonds is 3. The second-order valence-corrected chi connectivity index (χ2v) is 10.3. The number of hydrogen-bond donors (Lipinski definition) is 1. The quantitative estimate of drug-likeness (QED) is 0.611. The molecule has 29 heavy (non-hydrogen) atoms. The first-order valence-electron chi connectivity index (χ1n) is 10.6. The van der Waals surface area contributed by atoms with E-state index in [0.717, 1.165) is 34.5 Å². The summed E-state index contributed by atoms with van der Waals surface area (Å²) < 4.78 is 12.4. The van der Waals surface area contributed by atoms with Gasteiger partial charge in [-0.1, -0.05) is 18.6 Å². The number of aryl methyl sites for hydroxylation is 2. The van der Waals surface area contributed by atoms with E-state index in [1.54, 1.807) is 11.3 Å². The fourth-order valence-electron chi connectivity index (χ4n) is 3.98. The van der Waals surface area contributed by atoms with Crippen LogP contribution in [0.4, 0.5) is 5.69 Å². The molecule has 2 aliphatic rings. The van der Waals surface area contributed by atoms with Crippen LogP contribution in [0, 0.1) is 6.92 Å². The molecular formula is C24H31NO3S. The number of amides is 1. The van der Waals surface area contributed by atoms with Crippen LogP contribution in [0.2, 0.25) is 0 Å². The monoisotopic (exact) mass is 413 g/mol. The van der Waals surface area contributed by atoms with Crippen molar-refractivity contribution in [1.82, 2.24) is 0 Å². The van der Waals surface area contributed by atoms with Crippen molar-refractivity contribution in [2.24, 2.45) is 0 Å². The highest BCUT2D eigenvalue weighted by Crippen LogP contribution is 2.46. The minimum atomic E-state index is -0.436. The predicted molar refractivity (Wildman–Crippen MR) is 118 cm³/mol. The fourth-order valence-corrected chi connectivity index (χ4v) is 5.13. The molecular weight excluding hydrogens is 382 g/mol. The molecule has 1 aliphatic heterocycles. The van der Waals surface area contributed by atoms with E-state index in [2.05, 4.69) is 39.1 Å². The molecule has 1 fully saturated rings. The van der Waals surface area contributed by atoms with Gasteiger partial charge in [0.15, 0.2) is 6.29 Å². The van der Waals surface area contributed by atoms with Crippen molar-refractivity contribution in [3.05, 3.63) is 50.7 Å². The molecule has 1 amide bonds. The standard InChI is InChI=1S/C24H31NO3S/c1-15-17(22-27-23(2,3)24(4,5)28-22)11-9-12-18(15)25-21(26)20-14-16-10-7-6-8-13-19(16)29-20/h9,11-12,14,22H,6-8,10,13H2,1-5H3,(H,25,26). The van der Waals surface area contributed by atoms with Crippen molar-refractivity contribution in [3.8, 4) is 0 Å². The first-order chi connectivity index (χ1) is 13.7. The molecule has 156 valence electrons. The smallest absolute Gasteiger partial charge is 0.265 e. The SMILES string of the molecule is Cc1c(NC(=O)c2cc3c(s2)CCCCC3)cccc1C1OC(C)(C)C(C)(C)O1. The molecule has 2 aromatic rings. The topological polar surface area (TPSA) is 47.6 Å². The highest BCUT2D eigenvalue weighted by Gasteiger charge is 2.49. The number of hydrogen-bond acceptors (Lipinski definition) is 4. The van der Waals surface area contributed by atoms with E-state index in [1.165, 1.54) is 29.7 Å². The van der Waals surface area contributed by atoms with E-state index >= 15 is 0 Å². The maximum absolute atomic E-state index is 12.9. The molecule has 0 bridgehead atoms. The van der Waals surface area contributed by atoms with Gasteiger partial charge in [-0.15, -0.1) is 11.3 Å². The average Bonchev–Trinajstić information content (AvgIpc) is 3.05. The number of carbonyl (C=O) groups is 1. The summed E-state index contributed by atoms with van der Waals surface area (Å²) in [4.78, 5) is 15.1. The van der Waals surface area contributed by atoms with Gasteiger partial charge in [-0.05, 0) is 83.6 Å². The zero-order valence-electron chi connectivity index (χ0n) is 18.1. The molecule has 0 atom stereocenters. The zero-order chi connectivity index (χ0) is 20.8. The lowest BCUT2D eigenvalue weighted by molar-refractivity contribution is -0.0898. The number of ether oxygens (including phenoxy) is 2. The Labute approximate surface area is 177 Å². The Kier molecular flexibility index (Phi) is 5.34. The summed E-state index contributed by atoms with van der Waals surface area (Å²) in [6.07, 6.45) is 5.49. The maximum Gasteiger partial charge on any atom is 0.265 e. The summed E-state index contributed by atoms with van der Waals surface area (Å²) >= 11 is 1.65. The largest absolute Gasteiger partial charge is 0.339 e. The lowest BCUT2D eigenvalue weighted by atomic mass is 9.90. The van der Waals surface area contributed by atoms with Gasteiger partial charge in [-0.25, -0.2) is 0 Å². The van der Waals surface area contributed by atoms with Crippen LogP contribution in [0.1, 0.15) is 84.5 Å². The van der Waals surface area contributed by atoms with E-state index in [9.17, 15) is 4.79 Å². The molecule has 1 aromatic carbocycles. The molecule has 0 radical (unpaired) electrons. The van der Waals surface area contributed by atoms with Crippen LogP contribution in [0.5, 0.6) is 0 Å². The molecule has 4 rings (SSSR count). The third-order valence-electron chi connectivity index (χ3n) is 6.60. The van der Waals surface area contributed by atoms with Crippen LogP contribution in [0.3, 0.4) is 0 Å². The molecule has 0 saturated carbocycles. The summed E-state index contributed by atoms with van der Waals surface area (Å²) in [5.74, 6) is -0.0303. The lowest BCUT2D eigenvalue weighted by Gasteiger charge is -2.30. The van der Waals surface area contributed by atoms with E-state index in [4.69, 9.17) is 9.47 Å². The first-order valence-corrected chi connectivity index (χ1v) is 11.4. The van der Waals surface area contributed by atoms with E-state index in [0.29, 0.717) is 0 Å². The van der Waals surface area contributed by atoms with Gasteiger partial charge in [0.1, 0.15) is 0 Å². The fraction of sp³-hybridized carbons (Fsp3) is 0.542. The normalized spacial score (nSPS) is 20.9. The van der Waals surface area contributed by atoms with Gasteiger partial charge in [0.05, 0.1) is 16.1 Å². The van der Waals surface area contributed by atoms with Crippen LogP contribution >= 0.6 is 11.3 Å². The third-order valence-corrected chi connectivity index (χ3v) is 7.84. The van der Waals surface area contributed by atoms with Gasteiger partial charge in [-0.3, -0.25) is 4.79 Å². The molecule has 5 heteroatoms. The van der Waals surface area contributed by atoms with Gasteiger partial charge >= 0.3 is 0 Å². The second-order valence-electron chi connectivity index (χ2n) is 9.18. The minimum absolute atomic E-state index is 0.0303. The van der Waals surface area contributed by atoms with Gasteiger partial charge in [0.25, 0.3) is 5.91 Å². The molecule has 2 heterocycles. The van der Waals surface area contributed by atoms with Crippen molar-refractivity contribution in [2.75, 3.05) is 5.32 Å². The maximum atomic E-state index is 12.9. The zero-order valence-corrected chi connectivity index (χ0v) is 18.9. The van der Waals surface area contributed by atoms with Crippen LogP contribution < -0.4 is 5.32 Å². The molecule has 1 aliphatic carbocycles. The number of benzene rings is 1. The van der Waals surface area contributed by atoms with Crippen molar-refractivity contribution in [3.63, 3.8) is 0 Å². The first kappa shape index (κ1) is 20.6. The Bertz CT molecular complexity index is 889. The number of carbonyl (C=O) groups excluding carboxylic acids is 1. The number of nitrogens with one attached hydrogen (secondary N) is 1. The third kappa shape index (κ3) is 3.88. The van der Waals surface area contributed by atoms with E-state index < -0.39 is 17.5 Å². The van der Waals surface area contributed by atoms with Crippen LogP contribution in [-0.2, 0) is 22.3 Å². The highest BCUT2D eigenvalue weighted by molar-refractivity contribution is 7.14. The van der Waals surface area contributed by atoms with Crippen LogP contribution in [-0.4, -0.2) is 17.1 Å². The summed E-state index contributed by atoms with van der Waals surface area (Å²) in [5, 5.41) is 3.12. The Morgan fingerprint density at radius 2 is 1.76 bits per heavy atom. The Morgan fingerprint density at radius 3 is 2.48 bits per heavy atom. The predicted octanol–water partition coefficient (Wildman–Crippen LogP) is 6.18. The van der Waals surface area contributed by atoms with Crippen molar-refractivity contribution in [2.45, 2.75) is 84.2 Å². The molecule has 1 saturated heterocycles. The Morgan fingerprint density at radius 1 is 1.07 bits per heavy atom. The van der Waals surface area contributed by atoms with Gasteiger partial charge in [-0.2, -0.15) is 0 Å². The van der Waals surface area contributed by atoms with Crippen molar-refractivity contribution >= 4 is 22.9 Å². The van der Waals surface area contributed by atoms with Crippen molar-refractivity contribution < 1.29 is 14.3 Å². The molecule has 4 nitrogen and oxygen atoms in total. The highest BCUT2D eigenvalue weighted by atomic mass is 32.1. The number of fused-ring (bicyclic) bond motifs is 1. The van der Waals surface area contributed by atoms with Gasteiger partial charge in [0.2, 0.25) is 0 Å². The lowest BCUT2D eigenvalue weighted by Crippen LogP contribution is -2.41. The summed E-state index contributed by atoms with van der Waals surface area (Å²) in [6, 6.07) is 8.00. The molecule has 0 spiro atoms. The summed E-state index contributed by atoms with van der Waals surface area (Å²) in [5.41, 5.74) is 3.34. The van der Waals surface area contributed by atoms with Crippen LogP contribution in [0.15, 0.2) is 24.3 Å². The Balaban J connectivity index is 1.55. The molecule has 0 unspecified atom stereocenters. The minimum Gasteiger partial charge on any atom is -0.339 e. The van der Waals surface area contributed by atoms with Gasteiger partial charge < -0.3 is 14.8 Å². The summed E-state index contributed by atoms with van der Waals surface area (Å²) in [6.45, 7) is 10.2. The average molecular weight is 414 g/mol.